The molecule has 0 saturated heterocycles. The van der Waals surface area contributed by atoms with E-state index in [0.717, 1.165) is 12.8 Å². The maximum atomic E-state index is 12.5. The Morgan fingerprint density at radius 1 is 1.00 bits per heavy atom. The van der Waals surface area contributed by atoms with E-state index in [9.17, 15) is 25.2 Å². The molecule has 0 aliphatic heterocycles. The van der Waals surface area contributed by atoms with E-state index in [-0.39, 0.29) is 87.4 Å². The van der Waals surface area contributed by atoms with Crippen molar-refractivity contribution in [1.82, 2.24) is 0 Å². The summed E-state index contributed by atoms with van der Waals surface area (Å²) in [7, 11) is 0. The predicted molar refractivity (Wildman–Crippen MR) is 126 cm³/mol. The van der Waals surface area contributed by atoms with Crippen LogP contribution in [0.2, 0.25) is 0 Å². The van der Waals surface area contributed by atoms with E-state index in [2.05, 4.69) is 34.6 Å². The molecule has 0 aromatic heterocycles. The Balaban J connectivity index is 0.00000324. The number of fused-ring (bicyclic) bond motifs is 5. The second kappa shape index (κ2) is 10.6. The summed E-state index contributed by atoms with van der Waals surface area (Å²) in [5.41, 5.74) is -2.02. The van der Waals surface area contributed by atoms with Crippen LogP contribution in [0.25, 0.3) is 0 Å². The smallest absolute Gasteiger partial charge is 0.550 e. The van der Waals surface area contributed by atoms with Crippen molar-refractivity contribution in [3.63, 3.8) is 0 Å². The Morgan fingerprint density at radius 2 is 1.68 bits per heavy atom. The molecule has 3 N–H and O–H groups in total. The normalized spacial score (nSPS) is 48.9. The molecule has 5 nitrogen and oxygen atoms in total. The molecule has 0 heterocycles. The van der Waals surface area contributed by atoms with Crippen LogP contribution in [-0.2, 0) is 4.79 Å². The van der Waals surface area contributed by atoms with Gasteiger partial charge in [0.2, 0.25) is 0 Å². The van der Waals surface area contributed by atoms with E-state index in [1.54, 1.807) is 0 Å². The number of carboxylic acids is 1. The molecule has 4 aliphatic carbocycles. The number of aliphatic hydroxyl groups excluding tert-OH is 3. The maximum absolute atomic E-state index is 12.5. The molecule has 4 aliphatic rings. The van der Waals surface area contributed by atoms with Gasteiger partial charge in [0.15, 0.2) is 0 Å². The van der Waals surface area contributed by atoms with Crippen LogP contribution in [0, 0.1) is 51.8 Å². The van der Waals surface area contributed by atoms with Crippen molar-refractivity contribution in [2.45, 2.75) is 117 Å². The Hall–Kier alpha value is 0.986. The van der Waals surface area contributed by atoms with E-state index in [1.807, 2.05) is 0 Å². The Kier molecular flexibility index (Phi) is 9.23. The number of aliphatic carboxylic acids is 1. The predicted octanol–water partition coefficient (Wildman–Crippen LogP) is 0.534. The summed E-state index contributed by atoms with van der Waals surface area (Å²) in [6, 6.07) is 0. The molecule has 0 aromatic rings. The van der Waals surface area contributed by atoms with Crippen molar-refractivity contribution in [2.75, 3.05) is 0 Å². The van der Waals surface area contributed by atoms with Crippen LogP contribution in [0.5, 0.6) is 0 Å². The molecule has 190 valence electrons. The largest absolute Gasteiger partial charge is 1.00 e. The number of carboxylic acid groups (broad SMARTS) is 1. The zero-order valence-corrected chi connectivity index (χ0v) is 25.5. The van der Waals surface area contributed by atoms with Gasteiger partial charge in [-0.15, -0.1) is 0 Å². The fourth-order valence-electron chi connectivity index (χ4n) is 9.65. The first-order chi connectivity index (χ1) is 15.4. The van der Waals surface area contributed by atoms with E-state index in [4.69, 9.17) is 0 Å². The fourth-order valence-corrected chi connectivity index (χ4v) is 9.65. The average Bonchev–Trinajstić information content (AvgIpc) is 3.08. The van der Waals surface area contributed by atoms with Gasteiger partial charge in [-0.3, -0.25) is 0 Å². The number of hydrogen-bond acceptors (Lipinski definition) is 5. The van der Waals surface area contributed by atoms with Crippen LogP contribution >= 0.6 is 0 Å². The molecule has 6 heteroatoms. The second-order valence-corrected chi connectivity index (χ2v) is 13.3. The second-order valence-electron chi connectivity index (χ2n) is 13.3. The van der Waals surface area contributed by atoms with Crippen LogP contribution in [-0.4, -0.2) is 39.6 Å². The monoisotopic (exact) mass is 502 g/mol. The third-order valence-corrected chi connectivity index (χ3v) is 11.5. The van der Waals surface area contributed by atoms with E-state index < -0.39 is 35.1 Å². The van der Waals surface area contributed by atoms with Gasteiger partial charge >= 0.3 is 51.4 Å². The van der Waals surface area contributed by atoms with Crippen LogP contribution in [0.3, 0.4) is 0 Å². The minimum atomic E-state index is -1.22. The molecule has 4 saturated carbocycles. The van der Waals surface area contributed by atoms with Crippen LogP contribution < -0.4 is 56.5 Å². The molecule has 0 unspecified atom stereocenters. The topological polar surface area (TPSA) is 101 Å². The number of carbonyl (C=O) groups excluding carboxylic acids is 1. The van der Waals surface area contributed by atoms with Crippen molar-refractivity contribution in [3.05, 3.63) is 0 Å². The van der Waals surface area contributed by atoms with Gasteiger partial charge in [-0.25, -0.2) is 0 Å². The van der Waals surface area contributed by atoms with Crippen molar-refractivity contribution >= 4 is 5.97 Å². The fraction of sp³-hybridized carbons (Fsp3) is 0.964. The molecule has 0 bridgehead atoms. The summed E-state index contributed by atoms with van der Waals surface area (Å²) in [4.78, 5) is 12.5. The molecular formula is C28H47KO5. The van der Waals surface area contributed by atoms with Gasteiger partial charge in [0.25, 0.3) is 0 Å². The zero-order chi connectivity index (χ0) is 24.3. The van der Waals surface area contributed by atoms with Crippen molar-refractivity contribution in [3.8, 4) is 0 Å². The first-order valence-corrected chi connectivity index (χ1v) is 13.6. The molecule has 0 amide bonds. The van der Waals surface area contributed by atoms with E-state index in [0.29, 0.717) is 37.0 Å². The van der Waals surface area contributed by atoms with E-state index in [1.165, 1.54) is 19.3 Å². The van der Waals surface area contributed by atoms with Gasteiger partial charge in [-0.1, -0.05) is 53.9 Å². The number of rotatable bonds is 6. The molecule has 4 fully saturated rings. The summed E-state index contributed by atoms with van der Waals surface area (Å²) in [5, 5.41) is 46.1. The van der Waals surface area contributed by atoms with Gasteiger partial charge in [-0.05, 0) is 91.3 Å². The Bertz CT molecular complexity index is 744. The van der Waals surface area contributed by atoms with E-state index >= 15 is 0 Å². The first-order valence-electron chi connectivity index (χ1n) is 13.6. The third kappa shape index (κ3) is 4.46. The summed E-state index contributed by atoms with van der Waals surface area (Å²) < 4.78 is 0. The number of carbonyl (C=O) groups is 1. The summed E-state index contributed by atoms with van der Waals surface area (Å²) in [6.07, 6.45) is 5.90. The molecule has 0 spiro atoms. The molecule has 0 aromatic carbocycles. The van der Waals surface area contributed by atoms with Crippen LogP contribution in [0.15, 0.2) is 0 Å². The van der Waals surface area contributed by atoms with Crippen LogP contribution in [0.1, 0.15) is 98.8 Å². The van der Waals surface area contributed by atoms with Gasteiger partial charge < -0.3 is 25.2 Å². The molecule has 34 heavy (non-hydrogen) atoms. The zero-order valence-electron chi connectivity index (χ0n) is 22.4. The summed E-state index contributed by atoms with van der Waals surface area (Å²) in [5.74, 6) is 0.712. The van der Waals surface area contributed by atoms with Crippen LogP contribution in [0.4, 0.5) is 0 Å². The Morgan fingerprint density at radius 3 is 2.29 bits per heavy atom. The van der Waals surface area contributed by atoms with Crippen molar-refractivity contribution in [2.24, 2.45) is 51.8 Å². The molecule has 4 rings (SSSR count). The molecule has 0 radical (unpaired) electrons. The summed E-state index contributed by atoms with van der Waals surface area (Å²) in [6.45, 7) is 11.2. The number of aliphatic hydroxyl groups is 3. The first kappa shape index (κ1) is 29.5. The quantitative estimate of drug-likeness (QED) is 0.460. The standard InChI is InChI=1S/C28H48O5.K/c1-16(2)7-6-8-17(3)19-9-10-20-24-21(13-23(31)27(19,20)5)26(4)12-11-18(29)14-28(26,25(32)33)15-22(24)30;/h16-24,29-31H,6-15H2,1-5H3,(H,32,33);/q;+1/p-1/t17-,18-,19-,20+,21+,22-,23+,24+,26-,27-,28+;/m1./s1. The van der Waals surface area contributed by atoms with Gasteiger partial charge in [0, 0.05) is 11.4 Å². The van der Waals surface area contributed by atoms with Crippen molar-refractivity contribution < 1.29 is 76.6 Å². The molecule has 11 atom stereocenters. The SMILES string of the molecule is CC(C)CCC[C@@H](C)[C@H]1CC[C@H]2[C@@H]3[C@H](O)C[C@]4(C(=O)[O-])C[C@H](O)CC[C@]4(C)[C@H]3C[C@H](O)[C@]12C.[K+]. The average molecular weight is 503 g/mol. The van der Waals surface area contributed by atoms with Gasteiger partial charge in [-0.2, -0.15) is 0 Å². The van der Waals surface area contributed by atoms with Gasteiger partial charge in [0.05, 0.1) is 18.3 Å². The third-order valence-electron chi connectivity index (χ3n) is 11.5. The Labute approximate surface area is 249 Å². The minimum absolute atomic E-state index is 0. The maximum Gasteiger partial charge on any atom is 1.00 e. The minimum Gasteiger partial charge on any atom is -0.550 e. The number of hydrogen-bond donors (Lipinski definition) is 3. The molecular weight excluding hydrogens is 455 g/mol. The van der Waals surface area contributed by atoms with Gasteiger partial charge in [0.1, 0.15) is 0 Å². The summed E-state index contributed by atoms with van der Waals surface area (Å²) >= 11 is 0. The van der Waals surface area contributed by atoms with Crippen molar-refractivity contribution in [1.29, 1.82) is 0 Å².